The van der Waals surface area contributed by atoms with Crippen molar-refractivity contribution in [3.63, 3.8) is 0 Å². The molecule has 0 aromatic carbocycles. The maximum atomic E-state index is 10.4. The number of aromatic nitrogens is 1. The summed E-state index contributed by atoms with van der Waals surface area (Å²) in [6, 6.07) is 0. The molecule has 1 rings (SSSR count). The van der Waals surface area contributed by atoms with Crippen LogP contribution in [0.4, 0.5) is 0 Å². The predicted molar refractivity (Wildman–Crippen MR) is 40.9 cm³/mol. The Morgan fingerprint density at radius 3 is 3.00 bits per heavy atom. The zero-order valence-electron chi connectivity index (χ0n) is 6.13. The standard InChI is InChI=1S/C7H8ClNO2/c1-2-3-6-5(4-10)7(8)11-9-6/h4H,2-3H2,1H3. The van der Waals surface area contributed by atoms with Crippen molar-refractivity contribution in [1.82, 2.24) is 5.16 Å². The third-order valence-corrected chi connectivity index (χ3v) is 1.64. The summed E-state index contributed by atoms with van der Waals surface area (Å²) in [7, 11) is 0. The SMILES string of the molecule is CCCc1noc(Cl)c1C=O. The van der Waals surface area contributed by atoms with Crippen molar-refractivity contribution >= 4 is 17.9 Å². The van der Waals surface area contributed by atoms with Crippen LogP contribution in [0.1, 0.15) is 29.4 Å². The van der Waals surface area contributed by atoms with Gasteiger partial charge in [0.25, 0.3) is 0 Å². The Morgan fingerprint density at radius 1 is 1.73 bits per heavy atom. The summed E-state index contributed by atoms with van der Waals surface area (Å²) in [5.74, 6) is 0. The van der Waals surface area contributed by atoms with E-state index < -0.39 is 0 Å². The summed E-state index contributed by atoms with van der Waals surface area (Å²) in [6.45, 7) is 2.00. The summed E-state index contributed by atoms with van der Waals surface area (Å²) in [4.78, 5) is 10.4. The number of hydrogen-bond donors (Lipinski definition) is 0. The fourth-order valence-electron chi connectivity index (χ4n) is 0.838. The van der Waals surface area contributed by atoms with Gasteiger partial charge in [-0.15, -0.1) is 0 Å². The number of nitrogens with zero attached hydrogens (tertiary/aromatic N) is 1. The third kappa shape index (κ3) is 1.60. The first-order valence-electron chi connectivity index (χ1n) is 3.38. The lowest BCUT2D eigenvalue weighted by molar-refractivity contribution is 0.112. The van der Waals surface area contributed by atoms with Crippen LogP contribution < -0.4 is 0 Å². The van der Waals surface area contributed by atoms with Crippen LogP contribution in [-0.4, -0.2) is 11.4 Å². The van der Waals surface area contributed by atoms with E-state index in [0.29, 0.717) is 17.5 Å². The van der Waals surface area contributed by atoms with Crippen molar-refractivity contribution in [3.05, 3.63) is 16.5 Å². The molecule has 0 amide bonds. The van der Waals surface area contributed by atoms with Crippen LogP contribution in [0, 0.1) is 0 Å². The molecule has 4 heteroatoms. The fraction of sp³-hybridized carbons (Fsp3) is 0.429. The third-order valence-electron chi connectivity index (χ3n) is 1.36. The molecule has 0 saturated heterocycles. The molecule has 0 N–H and O–H groups in total. The van der Waals surface area contributed by atoms with Crippen LogP contribution in [-0.2, 0) is 6.42 Å². The van der Waals surface area contributed by atoms with Gasteiger partial charge in [-0.2, -0.15) is 0 Å². The van der Waals surface area contributed by atoms with Crippen molar-refractivity contribution in [2.75, 3.05) is 0 Å². The number of halogens is 1. The van der Waals surface area contributed by atoms with E-state index in [9.17, 15) is 4.79 Å². The molecule has 11 heavy (non-hydrogen) atoms. The minimum absolute atomic E-state index is 0.0865. The molecular formula is C7H8ClNO2. The smallest absolute Gasteiger partial charge is 0.236 e. The quantitative estimate of drug-likeness (QED) is 0.658. The van der Waals surface area contributed by atoms with Gasteiger partial charge in [0.1, 0.15) is 0 Å². The Labute approximate surface area is 69.3 Å². The average molecular weight is 174 g/mol. The van der Waals surface area contributed by atoms with E-state index in [-0.39, 0.29) is 5.22 Å². The second-order valence-electron chi connectivity index (χ2n) is 2.18. The second-order valence-corrected chi connectivity index (χ2v) is 2.53. The van der Waals surface area contributed by atoms with Crippen molar-refractivity contribution in [1.29, 1.82) is 0 Å². The van der Waals surface area contributed by atoms with Crippen LogP contribution >= 0.6 is 11.6 Å². The highest BCUT2D eigenvalue weighted by atomic mass is 35.5. The van der Waals surface area contributed by atoms with Crippen LogP contribution in [0.5, 0.6) is 0 Å². The van der Waals surface area contributed by atoms with E-state index in [4.69, 9.17) is 11.6 Å². The van der Waals surface area contributed by atoms with Crippen molar-refractivity contribution in [2.45, 2.75) is 19.8 Å². The molecule has 3 nitrogen and oxygen atoms in total. The van der Waals surface area contributed by atoms with Crippen LogP contribution in [0.15, 0.2) is 4.52 Å². The molecule has 0 aliphatic carbocycles. The Hall–Kier alpha value is -0.830. The first-order chi connectivity index (χ1) is 5.29. The maximum Gasteiger partial charge on any atom is 0.236 e. The molecule has 0 saturated carbocycles. The molecule has 0 unspecified atom stereocenters. The van der Waals surface area contributed by atoms with Gasteiger partial charge in [0.2, 0.25) is 5.22 Å². The highest BCUT2D eigenvalue weighted by Crippen LogP contribution is 2.18. The minimum Gasteiger partial charge on any atom is -0.343 e. The van der Waals surface area contributed by atoms with Gasteiger partial charge in [0.05, 0.1) is 11.3 Å². The molecule has 0 spiro atoms. The fourth-order valence-corrected chi connectivity index (χ4v) is 1.03. The monoisotopic (exact) mass is 173 g/mol. The first kappa shape index (κ1) is 8.27. The molecule has 1 aromatic rings. The predicted octanol–water partition coefficient (Wildman–Crippen LogP) is 2.09. The van der Waals surface area contributed by atoms with Crippen molar-refractivity contribution < 1.29 is 9.32 Å². The molecule has 0 aliphatic heterocycles. The zero-order valence-corrected chi connectivity index (χ0v) is 6.89. The first-order valence-corrected chi connectivity index (χ1v) is 3.76. The highest BCUT2D eigenvalue weighted by molar-refractivity contribution is 6.31. The highest BCUT2D eigenvalue weighted by Gasteiger charge is 2.11. The van der Waals surface area contributed by atoms with Gasteiger partial charge in [-0.05, 0) is 18.0 Å². The summed E-state index contributed by atoms with van der Waals surface area (Å²) in [5, 5.41) is 3.72. The van der Waals surface area contributed by atoms with E-state index in [1.165, 1.54) is 0 Å². The Bertz CT molecular complexity index is 257. The number of rotatable bonds is 3. The lowest BCUT2D eigenvalue weighted by Crippen LogP contribution is -1.88. The molecular weight excluding hydrogens is 166 g/mol. The van der Waals surface area contributed by atoms with Gasteiger partial charge in [-0.3, -0.25) is 4.79 Å². The molecule has 0 aliphatic rings. The van der Waals surface area contributed by atoms with E-state index in [1.54, 1.807) is 0 Å². The van der Waals surface area contributed by atoms with Crippen molar-refractivity contribution in [2.24, 2.45) is 0 Å². The van der Waals surface area contributed by atoms with Gasteiger partial charge in [0.15, 0.2) is 6.29 Å². The molecule has 1 aromatic heterocycles. The summed E-state index contributed by atoms with van der Waals surface area (Å²) < 4.78 is 4.62. The van der Waals surface area contributed by atoms with E-state index in [1.807, 2.05) is 6.92 Å². The van der Waals surface area contributed by atoms with E-state index in [0.717, 1.165) is 12.8 Å². The normalized spacial score (nSPS) is 10.0. The molecule has 1 heterocycles. The average Bonchev–Trinajstić information content (AvgIpc) is 2.33. The second kappa shape index (κ2) is 3.53. The molecule has 60 valence electrons. The van der Waals surface area contributed by atoms with E-state index >= 15 is 0 Å². The number of carbonyl (C=O) groups excluding carboxylic acids is 1. The lowest BCUT2D eigenvalue weighted by atomic mass is 10.2. The maximum absolute atomic E-state index is 10.4. The number of carbonyl (C=O) groups is 1. The lowest BCUT2D eigenvalue weighted by Gasteiger charge is -1.88. The zero-order chi connectivity index (χ0) is 8.27. The Morgan fingerprint density at radius 2 is 2.45 bits per heavy atom. The summed E-state index contributed by atoms with van der Waals surface area (Å²) >= 11 is 5.52. The van der Waals surface area contributed by atoms with Crippen LogP contribution in [0.2, 0.25) is 5.22 Å². The Kier molecular flexibility index (Phi) is 2.65. The molecule has 0 radical (unpaired) electrons. The minimum atomic E-state index is 0.0865. The number of aldehydes is 1. The van der Waals surface area contributed by atoms with Gasteiger partial charge < -0.3 is 4.52 Å². The molecule has 0 fully saturated rings. The summed E-state index contributed by atoms with van der Waals surface area (Å²) in [5.41, 5.74) is 1.03. The number of hydrogen-bond acceptors (Lipinski definition) is 3. The van der Waals surface area contributed by atoms with E-state index in [2.05, 4.69) is 9.68 Å². The van der Waals surface area contributed by atoms with Gasteiger partial charge in [0, 0.05) is 0 Å². The van der Waals surface area contributed by atoms with Gasteiger partial charge in [-0.1, -0.05) is 18.5 Å². The van der Waals surface area contributed by atoms with Gasteiger partial charge >= 0.3 is 0 Å². The molecule has 0 atom stereocenters. The summed E-state index contributed by atoms with van der Waals surface area (Å²) in [6.07, 6.45) is 2.32. The van der Waals surface area contributed by atoms with Gasteiger partial charge in [-0.25, -0.2) is 0 Å². The van der Waals surface area contributed by atoms with Crippen LogP contribution in [0.25, 0.3) is 0 Å². The topological polar surface area (TPSA) is 43.1 Å². The van der Waals surface area contributed by atoms with Crippen LogP contribution in [0.3, 0.4) is 0 Å². The number of aryl methyl sites for hydroxylation is 1. The largest absolute Gasteiger partial charge is 0.343 e. The molecule has 0 bridgehead atoms. The van der Waals surface area contributed by atoms with Crippen molar-refractivity contribution in [3.8, 4) is 0 Å². The Balaban J connectivity index is 2.95.